The zero-order valence-corrected chi connectivity index (χ0v) is 18.1. The minimum atomic E-state index is -0.273. The van der Waals surface area contributed by atoms with Crippen LogP contribution in [-0.2, 0) is 11.8 Å². The van der Waals surface area contributed by atoms with Crippen molar-refractivity contribution in [1.29, 1.82) is 0 Å². The standard InChI is InChI=1S/C26H23N5O2/c1-3-17-7-6-8-19(15-17)25(32)29-24-16-23(30-31(24)2)18-11-13-20(14-12-18)28-26(33)21-9-4-5-10-22(21)27/h1,6-16H,4-5,27H2,2H3,(H,28,33)(H,29,32). The Labute approximate surface area is 192 Å². The van der Waals surface area contributed by atoms with Crippen LogP contribution in [0.4, 0.5) is 11.5 Å². The molecule has 1 aliphatic rings. The Morgan fingerprint density at radius 3 is 2.52 bits per heavy atom. The molecule has 4 rings (SSSR count). The van der Waals surface area contributed by atoms with Gasteiger partial charge in [0.2, 0.25) is 0 Å². The molecule has 4 N–H and O–H groups in total. The lowest BCUT2D eigenvalue weighted by molar-refractivity contribution is -0.112. The number of nitrogens with one attached hydrogen (secondary N) is 2. The summed E-state index contributed by atoms with van der Waals surface area (Å²) in [5.41, 5.74) is 10.2. The number of hydrogen-bond acceptors (Lipinski definition) is 4. The van der Waals surface area contributed by atoms with Crippen LogP contribution >= 0.6 is 0 Å². The topological polar surface area (TPSA) is 102 Å². The third kappa shape index (κ3) is 4.86. The molecule has 1 heterocycles. The first-order valence-corrected chi connectivity index (χ1v) is 10.4. The molecule has 0 radical (unpaired) electrons. The fourth-order valence-corrected chi connectivity index (χ4v) is 3.50. The van der Waals surface area contributed by atoms with E-state index in [9.17, 15) is 9.59 Å². The average Bonchev–Trinajstić information content (AvgIpc) is 3.19. The molecule has 0 unspecified atom stereocenters. The molecular formula is C26H23N5O2. The largest absolute Gasteiger partial charge is 0.398 e. The molecule has 7 nitrogen and oxygen atoms in total. The Bertz CT molecular complexity index is 1320. The van der Waals surface area contributed by atoms with Gasteiger partial charge in [0, 0.05) is 41.2 Å². The van der Waals surface area contributed by atoms with Crippen LogP contribution in [0.3, 0.4) is 0 Å². The van der Waals surface area contributed by atoms with Crippen LogP contribution in [0.15, 0.2) is 78.0 Å². The predicted molar refractivity (Wildman–Crippen MR) is 129 cm³/mol. The summed E-state index contributed by atoms with van der Waals surface area (Å²) in [6.07, 6.45) is 10.8. The first-order valence-electron chi connectivity index (χ1n) is 10.4. The van der Waals surface area contributed by atoms with Crippen LogP contribution in [-0.4, -0.2) is 21.6 Å². The first kappa shape index (κ1) is 21.7. The summed E-state index contributed by atoms with van der Waals surface area (Å²) in [6.45, 7) is 0. The normalized spacial score (nSPS) is 12.8. The summed E-state index contributed by atoms with van der Waals surface area (Å²) in [7, 11) is 1.75. The molecule has 1 aromatic heterocycles. The fourth-order valence-electron chi connectivity index (χ4n) is 3.50. The van der Waals surface area contributed by atoms with E-state index in [1.54, 1.807) is 54.2 Å². The summed E-state index contributed by atoms with van der Waals surface area (Å²) in [5, 5.41) is 10.2. The molecule has 33 heavy (non-hydrogen) atoms. The van der Waals surface area contributed by atoms with Gasteiger partial charge in [-0.1, -0.05) is 36.3 Å². The molecular weight excluding hydrogens is 414 g/mol. The maximum absolute atomic E-state index is 12.6. The molecule has 0 aliphatic heterocycles. The van der Waals surface area contributed by atoms with Gasteiger partial charge in [-0.2, -0.15) is 5.10 Å². The minimum absolute atomic E-state index is 0.229. The van der Waals surface area contributed by atoms with Gasteiger partial charge in [-0.3, -0.25) is 14.3 Å². The Morgan fingerprint density at radius 2 is 1.79 bits per heavy atom. The molecule has 0 atom stereocenters. The zero-order valence-electron chi connectivity index (χ0n) is 18.1. The molecule has 2 aromatic carbocycles. The summed E-state index contributed by atoms with van der Waals surface area (Å²) in [4.78, 5) is 25.1. The highest BCUT2D eigenvalue weighted by atomic mass is 16.2. The number of aryl methyl sites for hydroxylation is 1. The van der Waals surface area contributed by atoms with E-state index in [-0.39, 0.29) is 11.8 Å². The number of carbonyl (C=O) groups is 2. The van der Waals surface area contributed by atoms with Crippen LogP contribution in [0.2, 0.25) is 0 Å². The molecule has 7 heteroatoms. The van der Waals surface area contributed by atoms with Gasteiger partial charge < -0.3 is 16.4 Å². The second kappa shape index (κ2) is 9.28. The lowest BCUT2D eigenvalue weighted by Crippen LogP contribution is -2.20. The van der Waals surface area contributed by atoms with Gasteiger partial charge in [-0.15, -0.1) is 6.42 Å². The number of benzene rings is 2. The number of hydrogen-bond donors (Lipinski definition) is 3. The van der Waals surface area contributed by atoms with Crippen molar-refractivity contribution in [2.24, 2.45) is 12.8 Å². The lowest BCUT2D eigenvalue weighted by atomic mass is 10.0. The first-order chi connectivity index (χ1) is 15.9. The molecule has 0 fully saturated rings. The van der Waals surface area contributed by atoms with Gasteiger partial charge in [-0.25, -0.2) is 0 Å². The Balaban J connectivity index is 1.46. The number of carbonyl (C=O) groups excluding carboxylic acids is 2. The van der Waals surface area contributed by atoms with E-state index >= 15 is 0 Å². The molecule has 0 saturated heterocycles. The third-order valence-corrected chi connectivity index (χ3v) is 5.29. The van der Waals surface area contributed by atoms with Crippen LogP contribution in [0.1, 0.15) is 28.8 Å². The quantitative estimate of drug-likeness (QED) is 0.528. The second-order valence-corrected chi connectivity index (χ2v) is 7.60. The summed E-state index contributed by atoms with van der Waals surface area (Å²) in [6, 6.07) is 16.0. The van der Waals surface area contributed by atoms with Crippen molar-refractivity contribution in [3.63, 3.8) is 0 Å². The van der Waals surface area contributed by atoms with E-state index < -0.39 is 0 Å². The van der Waals surface area contributed by atoms with Crippen LogP contribution < -0.4 is 16.4 Å². The van der Waals surface area contributed by atoms with Gasteiger partial charge in [0.25, 0.3) is 11.8 Å². The second-order valence-electron chi connectivity index (χ2n) is 7.60. The Hall–Kier alpha value is -4.57. The summed E-state index contributed by atoms with van der Waals surface area (Å²) >= 11 is 0. The molecule has 2 amide bonds. The Kier molecular flexibility index (Phi) is 6.09. The van der Waals surface area contributed by atoms with Crippen molar-refractivity contribution >= 4 is 23.3 Å². The highest BCUT2D eigenvalue weighted by molar-refractivity contribution is 6.07. The summed E-state index contributed by atoms with van der Waals surface area (Å²) in [5.74, 6) is 2.57. The number of nitrogens with two attached hydrogens (primary N) is 1. The van der Waals surface area contributed by atoms with Gasteiger partial charge in [0.05, 0.1) is 11.3 Å². The molecule has 3 aromatic rings. The van der Waals surface area contributed by atoms with Crippen molar-refractivity contribution in [3.8, 4) is 23.6 Å². The van der Waals surface area contributed by atoms with E-state index in [1.165, 1.54) is 0 Å². The number of terminal acetylenes is 1. The zero-order chi connectivity index (χ0) is 23.4. The van der Waals surface area contributed by atoms with E-state index in [1.807, 2.05) is 24.3 Å². The van der Waals surface area contributed by atoms with Crippen LogP contribution in [0, 0.1) is 12.3 Å². The maximum Gasteiger partial charge on any atom is 0.257 e. The highest BCUT2D eigenvalue weighted by Crippen LogP contribution is 2.24. The monoisotopic (exact) mass is 437 g/mol. The van der Waals surface area contributed by atoms with Gasteiger partial charge in [0.1, 0.15) is 5.82 Å². The maximum atomic E-state index is 12.6. The number of allylic oxidation sites excluding steroid dienone is 2. The van der Waals surface area contributed by atoms with E-state index in [0.717, 1.165) is 18.4 Å². The Morgan fingerprint density at radius 1 is 1.03 bits per heavy atom. The lowest BCUT2D eigenvalue weighted by Gasteiger charge is -2.12. The SMILES string of the molecule is C#Cc1cccc(C(=O)Nc2cc(-c3ccc(NC(=O)C4=CCCC=C4N)cc3)nn2C)c1. The van der Waals surface area contributed by atoms with Crippen LogP contribution in [0.5, 0.6) is 0 Å². The van der Waals surface area contributed by atoms with Crippen molar-refractivity contribution in [2.45, 2.75) is 12.8 Å². The molecule has 164 valence electrons. The van der Waals surface area contributed by atoms with Crippen molar-refractivity contribution in [3.05, 3.63) is 89.1 Å². The van der Waals surface area contributed by atoms with Gasteiger partial charge in [-0.05, 0) is 43.2 Å². The number of rotatable bonds is 5. The molecule has 0 spiro atoms. The summed E-state index contributed by atoms with van der Waals surface area (Å²) < 4.78 is 1.60. The predicted octanol–water partition coefficient (Wildman–Crippen LogP) is 3.82. The number of anilines is 2. The number of nitrogens with zero attached hydrogens (tertiary/aromatic N) is 2. The van der Waals surface area contributed by atoms with Crippen molar-refractivity contribution < 1.29 is 9.59 Å². The minimum Gasteiger partial charge on any atom is -0.398 e. The highest BCUT2D eigenvalue weighted by Gasteiger charge is 2.15. The third-order valence-electron chi connectivity index (χ3n) is 5.29. The molecule has 1 aliphatic carbocycles. The number of amides is 2. The van der Waals surface area contributed by atoms with Gasteiger partial charge >= 0.3 is 0 Å². The van der Waals surface area contributed by atoms with E-state index in [4.69, 9.17) is 12.2 Å². The molecule has 0 saturated carbocycles. The van der Waals surface area contributed by atoms with E-state index in [0.29, 0.717) is 39.6 Å². The van der Waals surface area contributed by atoms with Gasteiger partial charge in [0.15, 0.2) is 0 Å². The number of aromatic nitrogens is 2. The van der Waals surface area contributed by atoms with E-state index in [2.05, 4.69) is 21.7 Å². The molecule has 0 bridgehead atoms. The average molecular weight is 438 g/mol. The van der Waals surface area contributed by atoms with Crippen molar-refractivity contribution in [1.82, 2.24) is 9.78 Å². The smallest absolute Gasteiger partial charge is 0.257 e. The van der Waals surface area contributed by atoms with Crippen molar-refractivity contribution in [2.75, 3.05) is 10.6 Å². The van der Waals surface area contributed by atoms with Crippen LogP contribution in [0.25, 0.3) is 11.3 Å². The fraction of sp³-hybridized carbons (Fsp3) is 0.115.